The van der Waals surface area contributed by atoms with Gasteiger partial charge in [0.1, 0.15) is 5.76 Å². The van der Waals surface area contributed by atoms with E-state index in [-0.39, 0.29) is 12.5 Å². The summed E-state index contributed by atoms with van der Waals surface area (Å²) >= 11 is 0. The molecule has 1 aromatic heterocycles. The molecule has 1 aromatic carbocycles. The zero-order valence-electron chi connectivity index (χ0n) is 12.2. The molecule has 0 atom stereocenters. The van der Waals surface area contributed by atoms with Gasteiger partial charge in [0.25, 0.3) is 5.91 Å². The van der Waals surface area contributed by atoms with E-state index in [1.165, 1.54) is 0 Å². The van der Waals surface area contributed by atoms with Crippen molar-refractivity contribution < 1.29 is 9.21 Å². The SMILES string of the molecule is Cc1ccc(C(=O)N(C)Cc2ccco2)c(C#CCN)c1. The number of rotatable bonds is 3. The topological polar surface area (TPSA) is 59.5 Å². The number of benzene rings is 1. The van der Waals surface area contributed by atoms with Crippen molar-refractivity contribution >= 4 is 5.91 Å². The number of hydrogen-bond acceptors (Lipinski definition) is 3. The first kappa shape index (κ1) is 14.9. The fraction of sp³-hybridized carbons (Fsp3) is 0.235. The van der Waals surface area contributed by atoms with Crippen LogP contribution in [-0.4, -0.2) is 24.4 Å². The number of aryl methyl sites for hydroxylation is 1. The molecule has 0 unspecified atom stereocenters. The summed E-state index contributed by atoms with van der Waals surface area (Å²) in [4.78, 5) is 14.2. The third-order valence-corrected chi connectivity index (χ3v) is 3.05. The minimum absolute atomic E-state index is 0.0901. The monoisotopic (exact) mass is 282 g/mol. The predicted octanol–water partition coefficient (Wildman–Crippen LogP) is 2.17. The molecule has 2 N–H and O–H groups in total. The number of carbonyl (C=O) groups excluding carboxylic acids is 1. The molecule has 2 aromatic rings. The molecule has 0 saturated carbocycles. The van der Waals surface area contributed by atoms with Crippen molar-refractivity contribution in [2.45, 2.75) is 13.5 Å². The first-order valence-corrected chi connectivity index (χ1v) is 6.69. The van der Waals surface area contributed by atoms with E-state index < -0.39 is 0 Å². The number of nitrogens with zero attached hydrogens (tertiary/aromatic N) is 1. The van der Waals surface area contributed by atoms with E-state index in [9.17, 15) is 4.79 Å². The summed E-state index contributed by atoms with van der Waals surface area (Å²) in [5.41, 5.74) is 7.75. The maximum atomic E-state index is 12.6. The Morgan fingerprint density at radius 2 is 2.19 bits per heavy atom. The van der Waals surface area contributed by atoms with E-state index in [1.807, 2.05) is 25.1 Å². The van der Waals surface area contributed by atoms with E-state index >= 15 is 0 Å². The Hall–Kier alpha value is -2.51. The third kappa shape index (κ3) is 3.74. The Kier molecular flexibility index (Phi) is 4.81. The molecule has 4 heteroatoms. The smallest absolute Gasteiger partial charge is 0.255 e. The number of hydrogen-bond donors (Lipinski definition) is 1. The van der Waals surface area contributed by atoms with Crippen LogP contribution in [0.5, 0.6) is 0 Å². The van der Waals surface area contributed by atoms with Gasteiger partial charge in [-0.3, -0.25) is 4.79 Å². The van der Waals surface area contributed by atoms with E-state index in [0.717, 1.165) is 11.3 Å². The van der Waals surface area contributed by atoms with Crippen molar-refractivity contribution in [1.82, 2.24) is 4.90 Å². The van der Waals surface area contributed by atoms with Gasteiger partial charge in [0.15, 0.2) is 0 Å². The molecule has 0 spiro atoms. The summed E-state index contributed by atoms with van der Waals surface area (Å²) in [6.07, 6.45) is 1.59. The largest absolute Gasteiger partial charge is 0.467 e. The molecule has 0 bridgehead atoms. The second kappa shape index (κ2) is 6.78. The number of carbonyl (C=O) groups is 1. The summed E-state index contributed by atoms with van der Waals surface area (Å²) in [6, 6.07) is 9.25. The Balaban J connectivity index is 2.25. The molecule has 0 saturated heterocycles. The van der Waals surface area contributed by atoms with Crippen molar-refractivity contribution in [3.63, 3.8) is 0 Å². The van der Waals surface area contributed by atoms with Gasteiger partial charge in [0, 0.05) is 12.6 Å². The van der Waals surface area contributed by atoms with Crippen LogP contribution in [0.2, 0.25) is 0 Å². The van der Waals surface area contributed by atoms with Crippen LogP contribution in [0.15, 0.2) is 41.0 Å². The Morgan fingerprint density at radius 1 is 1.38 bits per heavy atom. The second-order valence-electron chi connectivity index (χ2n) is 4.80. The highest BCUT2D eigenvalue weighted by Crippen LogP contribution is 2.14. The summed E-state index contributed by atoms with van der Waals surface area (Å²) in [5.74, 6) is 6.42. The highest BCUT2D eigenvalue weighted by Gasteiger charge is 2.16. The molecule has 2 rings (SSSR count). The maximum Gasteiger partial charge on any atom is 0.255 e. The molecule has 0 aliphatic heterocycles. The average Bonchev–Trinajstić information content (AvgIpc) is 2.97. The molecule has 1 amide bonds. The lowest BCUT2D eigenvalue weighted by Gasteiger charge is -2.17. The first-order chi connectivity index (χ1) is 10.1. The summed E-state index contributed by atoms with van der Waals surface area (Å²) in [6.45, 7) is 2.65. The molecule has 1 heterocycles. The van der Waals surface area contributed by atoms with E-state index in [4.69, 9.17) is 10.2 Å². The summed E-state index contributed by atoms with van der Waals surface area (Å²) in [7, 11) is 1.74. The van der Waals surface area contributed by atoms with Gasteiger partial charge in [-0.2, -0.15) is 0 Å². The van der Waals surface area contributed by atoms with Crippen LogP contribution >= 0.6 is 0 Å². The molecule has 4 nitrogen and oxygen atoms in total. The van der Waals surface area contributed by atoms with Gasteiger partial charge in [0.2, 0.25) is 0 Å². The van der Waals surface area contributed by atoms with Gasteiger partial charge >= 0.3 is 0 Å². The quantitative estimate of drug-likeness (QED) is 0.878. The van der Waals surface area contributed by atoms with Crippen molar-refractivity contribution in [3.8, 4) is 11.8 Å². The standard InChI is InChI=1S/C17H18N2O2/c1-13-7-8-16(14(11-13)5-3-9-18)17(20)19(2)12-15-6-4-10-21-15/h4,6-8,10-11H,9,12,18H2,1-2H3. The molecule has 108 valence electrons. The van der Waals surface area contributed by atoms with Crippen molar-refractivity contribution in [2.24, 2.45) is 5.73 Å². The number of amides is 1. The fourth-order valence-corrected chi connectivity index (χ4v) is 2.01. The lowest BCUT2D eigenvalue weighted by molar-refractivity contribution is 0.0775. The number of nitrogens with two attached hydrogens (primary N) is 1. The zero-order valence-corrected chi connectivity index (χ0v) is 12.2. The maximum absolute atomic E-state index is 12.6. The molecular weight excluding hydrogens is 264 g/mol. The normalized spacial score (nSPS) is 9.86. The van der Waals surface area contributed by atoms with Crippen LogP contribution < -0.4 is 5.73 Å². The van der Waals surface area contributed by atoms with Gasteiger partial charge in [0.05, 0.1) is 24.9 Å². The van der Waals surface area contributed by atoms with Crippen molar-refractivity contribution in [3.05, 3.63) is 59.0 Å². The predicted molar refractivity (Wildman–Crippen MR) is 81.6 cm³/mol. The third-order valence-electron chi connectivity index (χ3n) is 3.05. The molecule has 0 fully saturated rings. The van der Waals surface area contributed by atoms with Crippen LogP contribution in [-0.2, 0) is 6.54 Å². The number of furan rings is 1. The summed E-state index contributed by atoms with van der Waals surface area (Å²) in [5, 5.41) is 0. The lowest BCUT2D eigenvalue weighted by atomic mass is 10.0. The van der Waals surface area contributed by atoms with E-state index in [2.05, 4.69) is 11.8 Å². The van der Waals surface area contributed by atoms with Gasteiger partial charge < -0.3 is 15.1 Å². The van der Waals surface area contributed by atoms with Crippen LogP contribution in [0.1, 0.15) is 27.2 Å². The van der Waals surface area contributed by atoms with Crippen LogP contribution in [0.25, 0.3) is 0 Å². The molecule has 0 aliphatic rings. The average molecular weight is 282 g/mol. The van der Waals surface area contributed by atoms with Gasteiger partial charge in [-0.15, -0.1) is 0 Å². The Labute approximate surface area is 124 Å². The minimum atomic E-state index is -0.0901. The molecule has 0 radical (unpaired) electrons. The molecular formula is C17H18N2O2. The van der Waals surface area contributed by atoms with Gasteiger partial charge in [-0.05, 0) is 36.8 Å². The van der Waals surface area contributed by atoms with Crippen LogP contribution in [0.3, 0.4) is 0 Å². The highest BCUT2D eigenvalue weighted by molar-refractivity contribution is 5.96. The lowest BCUT2D eigenvalue weighted by Crippen LogP contribution is -2.26. The van der Waals surface area contributed by atoms with Crippen molar-refractivity contribution in [2.75, 3.05) is 13.6 Å². The van der Waals surface area contributed by atoms with Gasteiger partial charge in [-0.25, -0.2) is 0 Å². The highest BCUT2D eigenvalue weighted by atomic mass is 16.3. The van der Waals surface area contributed by atoms with E-state index in [0.29, 0.717) is 17.7 Å². The fourth-order valence-electron chi connectivity index (χ4n) is 2.01. The Bertz CT molecular complexity index is 679. The molecule has 21 heavy (non-hydrogen) atoms. The first-order valence-electron chi connectivity index (χ1n) is 6.69. The van der Waals surface area contributed by atoms with Crippen molar-refractivity contribution in [1.29, 1.82) is 0 Å². The van der Waals surface area contributed by atoms with Crippen LogP contribution in [0, 0.1) is 18.8 Å². The minimum Gasteiger partial charge on any atom is -0.467 e. The zero-order chi connectivity index (χ0) is 15.2. The van der Waals surface area contributed by atoms with E-state index in [1.54, 1.807) is 30.3 Å². The Morgan fingerprint density at radius 3 is 2.86 bits per heavy atom. The molecule has 0 aliphatic carbocycles. The van der Waals surface area contributed by atoms with Crippen LogP contribution in [0.4, 0.5) is 0 Å². The second-order valence-corrected chi connectivity index (χ2v) is 4.80. The summed E-state index contributed by atoms with van der Waals surface area (Å²) < 4.78 is 5.27. The van der Waals surface area contributed by atoms with Gasteiger partial charge in [-0.1, -0.05) is 17.9 Å².